The summed E-state index contributed by atoms with van der Waals surface area (Å²) >= 11 is 0. The van der Waals surface area contributed by atoms with Crippen molar-refractivity contribution in [3.8, 4) is 5.69 Å². The van der Waals surface area contributed by atoms with Crippen LogP contribution >= 0.6 is 0 Å². The Morgan fingerprint density at radius 1 is 1.05 bits per heavy atom. The highest BCUT2D eigenvalue weighted by Gasteiger charge is 2.12. The maximum atomic E-state index is 12.1. The molecule has 0 spiro atoms. The van der Waals surface area contributed by atoms with Crippen LogP contribution in [0.4, 0.5) is 0 Å². The molecule has 3 aromatic rings. The van der Waals surface area contributed by atoms with Gasteiger partial charge in [-0.1, -0.05) is 18.2 Å². The van der Waals surface area contributed by atoms with Crippen molar-refractivity contribution < 1.29 is 4.79 Å². The van der Waals surface area contributed by atoms with Crippen molar-refractivity contribution in [2.24, 2.45) is 7.05 Å². The Morgan fingerprint density at radius 3 is 2.55 bits per heavy atom. The number of benzene rings is 1. The van der Waals surface area contributed by atoms with Gasteiger partial charge in [-0.05, 0) is 24.3 Å². The first-order chi connectivity index (χ1) is 9.72. The summed E-state index contributed by atoms with van der Waals surface area (Å²) < 4.78 is 3.39. The van der Waals surface area contributed by atoms with Crippen LogP contribution in [0.3, 0.4) is 0 Å². The van der Waals surface area contributed by atoms with E-state index < -0.39 is 0 Å². The van der Waals surface area contributed by atoms with Crippen molar-refractivity contribution in [1.29, 1.82) is 0 Å². The Hall–Kier alpha value is -2.69. The monoisotopic (exact) mass is 266 g/mol. The SMILES string of the molecule is Cn1ccc(CC(=O)c2ccn(-c3ccccc3)n2)n1. The van der Waals surface area contributed by atoms with Gasteiger partial charge in [-0.3, -0.25) is 9.48 Å². The lowest BCUT2D eigenvalue weighted by Gasteiger charge is -1.99. The molecule has 0 fully saturated rings. The van der Waals surface area contributed by atoms with E-state index in [1.165, 1.54) is 0 Å². The van der Waals surface area contributed by atoms with Crippen molar-refractivity contribution in [2.45, 2.75) is 6.42 Å². The summed E-state index contributed by atoms with van der Waals surface area (Å²) in [5.74, 6) is -0.0293. The van der Waals surface area contributed by atoms with Gasteiger partial charge in [-0.25, -0.2) is 4.68 Å². The zero-order valence-electron chi connectivity index (χ0n) is 11.1. The molecule has 20 heavy (non-hydrogen) atoms. The molecule has 100 valence electrons. The first-order valence-electron chi connectivity index (χ1n) is 6.35. The lowest BCUT2D eigenvalue weighted by molar-refractivity contribution is 0.0986. The number of carbonyl (C=O) groups is 1. The third-order valence-corrected chi connectivity index (χ3v) is 3.01. The highest BCUT2D eigenvalue weighted by Crippen LogP contribution is 2.09. The molecule has 2 aromatic heterocycles. The Balaban J connectivity index is 1.78. The van der Waals surface area contributed by atoms with Crippen LogP contribution < -0.4 is 0 Å². The van der Waals surface area contributed by atoms with Crippen LogP contribution in [0.25, 0.3) is 5.69 Å². The van der Waals surface area contributed by atoms with Crippen molar-refractivity contribution >= 4 is 5.78 Å². The van der Waals surface area contributed by atoms with Gasteiger partial charge in [0.2, 0.25) is 0 Å². The summed E-state index contributed by atoms with van der Waals surface area (Å²) in [6.07, 6.45) is 3.89. The zero-order valence-corrected chi connectivity index (χ0v) is 11.1. The molecular formula is C15H14N4O. The van der Waals surface area contributed by atoms with Gasteiger partial charge < -0.3 is 0 Å². The first kappa shape index (κ1) is 12.3. The lowest BCUT2D eigenvalue weighted by Crippen LogP contribution is -2.06. The van der Waals surface area contributed by atoms with E-state index in [2.05, 4.69) is 10.2 Å². The number of ketones is 1. The van der Waals surface area contributed by atoms with Crippen LogP contribution in [-0.2, 0) is 13.5 Å². The number of aryl methyl sites for hydroxylation is 1. The van der Waals surface area contributed by atoms with Crippen molar-refractivity contribution in [1.82, 2.24) is 19.6 Å². The van der Waals surface area contributed by atoms with Gasteiger partial charge in [-0.2, -0.15) is 10.2 Å². The van der Waals surface area contributed by atoms with E-state index in [0.29, 0.717) is 5.69 Å². The predicted octanol–water partition coefficient (Wildman–Crippen LogP) is 2.03. The molecule has 0 aliphatic heterocycles. The van der Waals surface area contributed by atoms with Crippen molar-refractivity contribution in [2.75, 3.05) is 0 Å². The Kier molecular flexibility index (Phi) is 3.16. The number of nitrogens with zero attached hydrogens (tertiary/aromatic N) is 4. The molecule has 5 heteroatoms. The second-order valence-corrected chi connectivity index (χ2v) is 4.56. The van der Waals surface area contributed by atoms with Gasteiger partial charge in [0.15, 0.2) is 5.78 Å². The Labute approximate surface area is 116 Å². The smallest absolute Gasteiger partial charge is 0.189 e. The average Bonchev–Trinajstić information content (AvgIpc) is 3.09. The summed E-state index contributed by atoms with van der Waals surface area (Å²) in [6, 6.07) is 13.3. The minimum Gasteiger partial charge on any atom is -0.292 e. The highest BCUT2D eigenvalue weighted by atomic mass is 16.1. The quantitative estimate of drug-likeness (QED) is 0.679. The molecule has 0 N–H and O–H groups in total. The largest absolute Gasteiger partial charge is 0.292 e. The van der Waals surface area contributed by atoms with E-state index in [9.17, 15) is 4.79 Å². The van der Waals surface area contributed by atoms with Crippen LogP contribution in [0.5, 0.6) is 0 Å². The minimum absolute atomic E-state index is 0.0293. The first-order valence-corrected chi connectivity index (χ1v) is 6.35. The van der Waals surface area contributed by atoms with E-state index in [-0.39, 0.29) is 12.2 Å². The molecule has 2 heterocycles. The van der Waals surface area contributed by atoms with Crippen LogP contribution in [-0.4, -0.2) is 25.3 Å². The molecule has 0 saturated carbocycles. The van der Waals surface area contributed by atoms with Crippen LogP contribution in [0.15, 0.2) is 54.9 Å². The normalized spacial score (nSPS) is 10.7. The number of hydrogen-bond donors (Lipinski definition) is 0. The van der Waals surface area contributed by atoms with Crippen molar-refractivity contribution in [3.63, 3.8) is 0 Å². The van der Waals surface area contributed by atoms with Crippen LogP contribution in [0.2, 0.25) is 0 Å². The van der Waals surface area contributed by atoms with E-state index in [4.69, 9.17) is 0 Å². The summed E-state index contributed by atoms with van der Waals surface area (Å²) in [5, 5.41) is 8.52. The van der Waals surface area contributed by atoms with Gasteiger partial charge in [0.05, 0.1) is 17.8 Å². The third-order valence-electron chi connectivity index (χ3n) is 3.01. The fourth-order valence-corrected chi connectivity index (χ4v) is 2.01. The molecule has 0 amide bonds. The Morgan fingerprint density at radius 2 is 1.85 bits per heavy atom. The van der Waals surface area contributed by atoms with Gasteiger partial charge in [-0.15, -0.1) is 0 Å². The molecule has 1 aromatic carbocycles. The van der Waals surface area contributed by atoms with Gasteiger partial charge >= 0.3 is 0 Å². The summed E-state index contributed by atoms with van der Waals surface area (Å²) in [7, 11) is 1.83. The topological polar surface area (TPSA) is 52.7 Å². The van der Waals surface area contributed by atoms with Crippen LogP contribution in [0.1, 0.15) is 16.2 Å². The molecule has 0 atom stereocenters. The molecule has 0 radical (unpaired) electrons. The van der Waals surface area contributed by atoms with E-state index in [0.717, 1.165) is 11.4 Å². The number of hydrogen-bond acceptors (Lipinski definition) is 3. The summed E-state index contributed by atoms with van der Waals surface area (Å²) in [6.45, 7) is 0. The number of rotatable bonds is 4. The minimum atomic E-state index is -0.0293. The number of para-hydroxylation sites is 1. The second-order valence-electron chi connectivity index (χ2n) is 4.56. The molecule has 0 aliphatic rings. The third kappa shape index (κ3) is 2.51. The highest BCUT2D eigenvalue weighted by molar-refractivity contribution is 5.95. The van der Waals surface area contributed by atoms with E-state index in [1.54, 1.807) is 21.6 Å². The molecule has 0 unspecified atom stereocenters. The maximum absolute atomic E-state index is 12.1. The van der Waals surface area contributed by atoms with Crippen LogP contribution in [0, 0.1) is 0 Å². The predicted molar refractivity (Wildman–Crippen MR) is 74.8 cm³/mol. The maximum Gasteiger partial charge on any atom is 0.189 e. The second kappa shape index (κ2) is 5.13. The summed E-state index contributed by atoms with van der Waals surface area (Å²) in [5.41, 5.74) is 2.15. The Bertz CT molecular complexity index is 727. The van der Waals surface area contributed by atoms with Crippen molar-refractivity contribution in [3.05, 3.63) is 66.2 Å². The van der Waals surface area contributed by atoms with Gasteiger partial charge in [0.25, 0.3) is 0 Å². The fraction of sp³-hybridized carbons (Fsp3) is 0.133. The fourth-order valence-electron chi connectivity index (χ4n) is 2.01. The lowest BCUT2D eigenvalue weighted by atomic mass is 10.2. The van der Waals surface area contributed by atoms with E-state index >= 15 is 0 Å². The molecular weight excluding hydrogens is 252 g/mol. The average molecular weight is 266 g/mol. The zero-order chi connectivity index (χ0) is 13.9. The standard InChI is InChI=1S/C15H14N4O/c1-18-9-7-12(16-18)11-15(20)14-8-10-19(17-14)13-5-3-2-4-6-13/h2-10H,11H2,1H3. The molecule has 3 rings (SSSR count). The number of aromatic nitrogens is 4. The van der Waals surface area contributed by atoms with E-state index in [1.807, 2.05) is 49.6 Å². The number of Topliss-reactive ketones (excluding diaryl/α,β-unsaturated/α-hetero) is 1. The molecule has 0 aliphatic carbocycles. The van der Waals surface area contributed by atoms with Gasteiger partial charge in [0, 0.05) is 19.4 Å². The van der Waals surface area contributed by atoms with Gasteiger partial charge in [0.1, 0.15) is 5.69 Å². The number of carbonyl (C=O) groups excluding carboxylic acids is 1. The molecule has 5 nitrogen and oxygen atoms in total. The molecule has 0 saturated heterocycles. The molecule has 0 bridgehead atoms. The summed E-state index contributed by atoms with van der Waals surface area (Å²) in [4.78, 5) is 12.1.